The van der Waals surface area contributed by atoms with E-state index in [1.54, 1.807) is 44.2 Å². The lowest BCUT2D eigenvalue weighted by Gasteiger charge is -2.25. The first-order valence-electron chi connectivity index (χ1n) is 8.33. The van der Waals surface area contributed by atoms with E-state index in [9.17, 15) is 18.4 Å². The summed E-state index contributed by atoms with van der Waals surface area (Å²) in [4.78, 5) is 24.8. The molecule has 0 aliphatic rings. The molecule has 0 saturated carbocycles. The van der Waals surface area contributed by atoms with Crippen molar-refractivity contribution in [3.05, 3.63) is 60.2 Å². The summed E-state index contributed by atoms with van der Waals surface area (Å²) in [6, 6.07) is 14.8. The van der Waals surface area contributed by atoms with E-state index in [1.165, 1.54) is 25.1 Å². The van der Waals surface area contributed by atoms with Crippen LogP contribution in [0.2, 0.25) is 0 Å². The van der Waals surface area contributed by atoms with Crippen LogP contribution in [0.1, 0.15) is 26.3 Å². The maximum absolute atomic E-state index is 12.5. The predicted molar refractivity (Wildman–Crippen MR) is 96.7 cm³/mol. The number of benzene rings is 2. The summed E-state index contributed by atoms with van der Waals surface area (Å²) in [5.41, 5.74) is -0.140. The van der Waals surface area contributed by atoms with Crippen molar-refractivity contribution >= 4 is 17.6 Å². The Morgan fingerprint density at radius 3 is 2.22 bits per heavy atom. The SMILES string of the molecule is C[C@H](OC(=O)C(C)(C)c1ccccc1)C(=O)Nc1ccccc1OC(F)F. The number of para-hydroxylation sites is 2. The number of halogens is 2. The Balaban J connectivity index is 2.05. The van der Waals surface area contributed by atoms with Crippen LogP contribution >= 0.6 is 0 Å². The number of ether oxygens (including phenoxy) is 2. The Morgan fingerprint density at radius 1 is 1.00 bits per heavy atom. The summed E-state index contributed by atoms with van der Waals surface area (Å²) in [7, 11) is 0. The molecule has 0 aliphatic heterocycles. The number of carbonyl (C=O) groups is 2. The van der Waals surface area contributed by atoms with Crippen LogP contribution < -0.4 is 10.1 Å². The quantitative estimate of drug-likeness (QED) is 0.737. The molecule has 0 saturated heterocycles. The van der Waals surface area contributed by atoms with Gasteiger partial charge < -0.3 is 14.8 Å². The van der Waals surface area contributed by atoms with Gasteiger partial charge in [-0.3, -0.25) is 9.59 Å². The van der Waals surface area contributed by atoms with E-state index in [0.717, 1.165) is 5.56 Å². The van der Waals surface area contributed by atoms with Gasteiger partial charge in [0.05, 0.1) is 11.1 Å². The third-order valence-electron chi connectivity index (χ3n) is 4.02. The van der Waals surface area contributed by atoms with Gasteiger partial charge in [-0.25, -0.2) is 0 Å². The van der Waals surface area contributed by atoms with Crippen LogP contribution in [0, 0.1) is 0 Å². The van der Waals surface area contributed by atoms with Crippen LogP contribution in [-0.4, -0.2) is 24.6 Å². The third kappa shape index (κ3) is 5.26. The second kappa shape index (κ2) is 8.62. The summed E-state index contributed by atoms with van der Waals surface area (Å²) in [5, 5.41) is 2.44. The molecular weight excluding hydrogens is 356 g/mol. The first-order chi connectivity index (χ1) is 12.7. The first kappa shape index (κ1) is 20.4. The van der Waals surface area contributed by atoms with Crippen LogP contribution in [0.3, 0.4) is 0 Å². The molecule has 1 atom stereocenters. The van der Waals surface area contributed by atoms with E-state index in [4.69, 9.17) is 4.74 Å². The van der Waals surface area contributed by atoms with Crippen molar-refractivity contribution in [3.8, 4) is 5.75 Å². The molecule has 0 fully saturated rings. The van der Waals surface area contributed by atoms with Gasteiger partial charge >= 0.3 is 12.6 Å². The second-order valence-corrected chi connectivity index (χ2v) is 6.40. The number of rotatable bonds is 7. The Labute approximate surface area is 156 Å². The van der Waals surface area contributed by atoms with E-state index in [-0.39, 0.29) is 11.4 Å². The van der Waals surface area contributed by atoms with Crippen molar-refractivity contribution in [2.75, 3.05) is 5.32 Å². The number of hydrogen-bond acceptors (Lipinski definition) is 4. The summed E-state index contributed by atoms with van der Waals surface area (Å²) >= 11 is 0. The summed E-state index contributed by atoms with van der Waals surface area (Å²) < 4.78 is 34.6. The molecule has 2 aromatic rings. The minimum absolute atomic E-state index is 0.0630. The zero-order chi connectivity index (χ0) is 20.0. The minimum atomic E-state index is -3.02. The number of hydrogen-bond donors (Lipinski definition) is 1. The lowest BCUT2D eigenvalue weighted by Crippen LogP contribution is -2.37. The van der Waals surface area contributed by atoms with E-state index >= 15 is 0 Å². The standard InChI is InChI=1S/C20H21F2NO4/c1-13(26-18(25)20(2,3)14-9-5-4-6-10-14)17(24)23-15-11-7-8-12-16(15)27-19(21)22/h4-13,19H,1-3H3,(H,23,24)/t13-/m0/s1. The zero-order valence-electron chi connectivity index (χ0n) is 15.2. The molecule has 0 heterocycles. The smallest absolute Gasteiger partial charge is 0.387 e. The highest BCUT2D eigenvalue weighted by atomic mass is 19.3. The van der Waals surface area contributed by atoms with Gasteiger partial charge in [0.15, 0.2) is 6.10 Å². The van der Waals surface area contributed by atoms with Gasteiger partial charge in [-0.05, 0) is 38.5 Å². The van der Waals surface area contributed by atoms with Gasteiger partial charge in [0.1, 0.15) is 5.75 Å². The van der Waals surface area contributed by atoms with Crippen LogP contribution in [0.25, 0.3) is 0 Å². The van der Waals surface area contributed by atoms with Crippen molar-refractivity contribution in [2.24, 2.45) is 0 Å². The Bertz CT molecular complexity index is 794. The highest BCUT2D eigenvalue weighted by Gasteiger charge is 2.33. The molecule has 2 rings (SSSR count). The van der Waals surface area contributed by atoms with Crippen LogP contribution in [0.4, 0.5) is 14.5 Å². The predicted octanol–water partition coefficient (Wildman–Crippen LogP) is 4.14. The molecule has 1 N–H and O–H groups in total. The fourth-order valence-corrected chi connectivity index (χ4v) is 2.34. The average molecular weight is 377 g/mol. The second-order valence-electron chi connectivity index (χ2n) is 6.40. The molecule has 2 aromatic carbocycles. The molecule has 5 nitrogen and oxygen atoms in total. The molecular formula is C20H21F2NO4. The fourth-order valence-electron chi connectivity index (χ4n) is 2.34. The summed E-state index contributed by atoms with van der Waals surface area (Å²) in [6.07, 6.45) is -1.12. The molecule has 0 bridgehead atoms. The van der Waals surface area contributed by atoms with Gasteiger partial charge in [0.25, 0.3) is 5.91 Å². The van der Waals surface area contributed by atoms with Gasteiger partial charge in [-0.1, -0.05) is 42.5 Å². The topological polar surface area (TPSA) is 64.6 Å². The summed E-state index contributed by atoms with van der Waals surface area (Å²) in [6.45, 7) is 1.78. The van der Waals surface area contributed by atoms with Crippen molar-refractivity contribution in [1.82, 2.24) is 0 Å². The van der Waals surface area contributed by atoms with Crippen molar-refractivity contribution in [3.63, 3.8) is 0 Å². The fraction of sp³-hybridized carbons (Fsp3) is 0.300. The Hall–Kier alpha value is -2.96. The first-order valence-corrected chi connectivity index (χ1v) is 8.33. The number of amides is 1. The monoisotopic (exact) mass is 377 g/mol. The number of alkyl halides is 2. The van der Waals surface area contributed by atoms with Gasteiger partial charge in [0, 0.05) is 0 Å². The number of anilines is 1. The normalized spacial score (nSPS) is 12.4. The van der Waals surface area contributed by atoms with Crippen molar-refractivity contribution in [2.45, 2.75) is 38.9 Å². The van der Waals surface area contributed by atoms with E-state index < -0.39 is 30.0 Å². The van der Waals surface area contributed by atoms with Gasteiger partial charge in [-0.2, -0.15) is 8.78 Å². The molecule has 7 heteroatoms. The van der Waals surface area contributed by atoms with Crippen LogP contribution in [0.5, 0.6) is 5.75 Å². The molecule has 0 aromatic heterocycles. The lowest BCUT2D eigenvalue weighted by atomic mass is 9.85. The Morgan fingerprint density at radius 2 is 1.59 bits per heavy atom. The number of carbonyl (C=O) groups excluding carboxylic acids is 2. The van der Waals surface area contributed by atoms with E-state index in [0.29, 0.717) is 0 Å². The van der Waals surface area contributed by atoms with E-state index in [2.05, 4.69) is 10.1 Å². The lowest BCUT2D eigenvalue weighted by molar-refractivity contribution is -0.158. The highest BCUT2D eigenvalue weighted by Crippen LogP contribution is 2.27. The molecule has 0 aliphatic carbocycles. The van der Waals surface area contributed by atoms with Gasteiger partial charge in [-0.15, -0.1) is 0 Å². The Kier molecular flexibility index (Phi) is 6.50. The van der Waals surface area contributed by atoms with Gasteiger partial charge in [0.2, 0.25) is 0 Å². The number of nitrogens with one attached hydrogen (secondary N) is 1. The average Bonchev–Trinajstić information content (AvgIpc) is 2.63. The molecule has 144 valence electrons. The largest absolute Gasteiger partial charge is 0.452 e. The zero-order valence-corrected chi connectivity index (χ0v) is 15.2. The highest BCUT2D eigenvalue weighted by molar-refractivity contribution is 5.97. The molecule has 0 unspecified atom stereocenters. The third-order valence-corrected chi connectivity index (χ3v) is 4.02. The van der Waals surface area contributed by atoms with Crippen molar-refractivity contribution in [1.29, 1.82) is 0 Å². The maximum atomic E-state index is 12.5. The minimum Gasteiger partial charge on any atom is -0.452 e. The van der Waals surface area contributed by atoms with Crippen LogP contribution in [-0.2, 0) is 19.7 Å². The molecule has 0 radical (unpaired) electrons. The van der Waals surface area contributed by atoms with Crippen molar-refractivity contribution < 1.29 is 27.8 Å². The molecule has 1 amide bonds. The van der Waals surface area contributed by atoms with E-state index in [1.807, 2.05) is 6.07 Å². The van der Waals surface area contributed by atoms with Crippen LogP contribution in [0.15, 0.2) is 54.6 Å². The number of esters is 1. The summed E-state index contributed by atoms with van der Waals surface area (Å²) in [5.74, 6) is -1.41. The molecule has 0 spiro atoms. The molecule has 27 heavy (non-hydrogen) atoms. The maximum Gasteiger partial charge on any atom is 0.387 e.